The number of thiophene rings is 1. The number of hydrogen-bond acceptors (Lipinski definition) is 3. The molecule has 0 saturated carbocycles. The van der Waals surface area contributed by atoms with E-state index in [0.717, 1.165) is 25.8 Å². The number of nitrogens with one attached hydrogen (secondary N) is 1. The lowest BCUT2D eigenvalue weighted by Gasteiger charge is -2.33. The summed E-state index contributed by atoms with van der Waals surface area (Å²) in [6.45, 7) is 5.81. The number of benzene rings is 1. The van der Waals surface area contributed by atoms with Gasteiger partial charge < -0.3 is 5.32 Å². The Bertz CT molecular complexity index is 667. The molecular weight excluding hydrogens is 316 g/mol. The molecule has 1 amide bonds. The molecule has 128 valence electrons. The van der Waals surface area contributed by atoms with Gasteiger partial charge in [0.2, 0.25) is 5.91 Å². The molecule has 1 N–H and O–H groups in total. The first-order valence-electron chi connectivity index (χ1n) is 8.83. The second kappa shape index (κ2) is 7.95. The van der Waals surface area contributed by atoms with Gasteiger partial charge in [0.1, 0.15) is 0 Å². The van der Waals surface area contributed by atoms with Crippen molar-refractivity contribution >= 4 is 17.2 Å². The van der Waals surface area contributed by atoms with Crippen molar-refractivity contribution in [2.45, 2.75) is 45.2 Å². The molecule has 0 fully saturated rings. The quantitative estimate of drug-likeness (QED) is 0.848. The van der Waals surface area contributed by atoms with Crippen LogP contribution in [0.2, 0.25) is 0 Å². The molecule has 0 bridgehead atoms. The van der Waals surface area contributed by atoms with Gasteiger partial charge in [-0.15, -0.1) is 11.3 Å². The van der Waals surface area contributed by atoms with Gasteiger partial charge in [0.25, 0.3) is 0 Å². The van der Waals surface area contributed by atoms with E-state index in [9.17, 15) is 4.79 Å². The fourth-order valence-electron chi connectivity index (χ4n) is 3.50. The molecule has 2 heterocycles. The van der Waals surface area contributed by atoms with Crippen LogP contribution in [-0.2, 0) is 11.2 Å². The Hall–Kier alpha value is -1.65. The molecule has 1 aromatic heterocycles. The Morgan fingerprint density at radius 1 is 1.33 bits per heavy atom. The van der Waals surface area contributed by atoms with Crippen molar-refractivity contribution in [2.75, 3.05) is 13.1 Å². The lowest BCUT2D eigenvalue weighted by molar-refractivity contribution is -0.123. The summed E-state index contributed by atoms with van der Waals surface area (Å²) in [6, 6.07) is 12.9. The van der Waals surface area contributed by atoms with Crippen LogP contribution >= 0.6 is 11.3 Å². The summed E-state index contributed by atoms with van der Waals surface area (Å²) in [5, 5.41) is 5.41. The molecule has 0 aliphatic carbocycles. The molecule has 3 rings (SSSR count). The molecule has 0 spiro atoms. The predicted molar refractivity (Wildman–Crippen MR) is 100 cm³/mol. The molecule has 3 nitrogen and oxygen atoms in total. The Morgan fingerprint density at radius 3 is 2.88 bits per heavy atom. The van der Waals surface area contributed by atoms with Crippen LogP contribution in [0.3, 0.4) is 0 Å². The standard InChI is InChI=1S/C20H26N2OS/c1-3-7-18(16-8-5-4-6-9-16)21-20(23)14-22-12-10-19-17(15(22)2)11-13-24-19/h4-6,8-9,11,13,15,18H,3,7,10,12,14H2,1-2H3,(H,21,23)/t15-,18-/m1/s1. The first kappa shape index (κ1) is 17.2. The maximum absolute atomic E-state index is 12.6. The zero-order valence-corrected chi connectivity index (χ0v) is 15.3. The number of fused-ring (bicyclic) bond motifs is 1. The number of carbonyl (C=O) groups is 1. The van der Waals surface area contributed by atoms with E-state index in [4.69, 9.17) is 0 Å². The number of amides is 1. The highest BCUT2D eigenvalue weighted by atomic mass is 32.1. The van der Waals surface area contributed by atoms with Crippen LogP contribution in [0.1, 0.15) is 54.8 Å². The molecule has 0 radical (unpaired) electrons. The average molecular weight is 343 g/mol. The summed E-state index contributed by atoms with van der Waals surface area (Å²) < 4.78 is 0. The summed E-state index contributed by atoms with van der Waals surface area (Å²) in [6.07, 6.45) is 3.08. The number of carbonyl (C=O) groups excluding carboxylic acids is 1. The van der Waals surface area contributed by atoms with Crippen molar-refractivity contribution in [1.82, 2.24) is 10.2 Å². The third-order valence-electron chi connectivity index (χ3n) is 4.86. The Kier molecular flexibility index (Phi) is 5.69. The molecule has 2 aromatic rings. The third kappa shape index (κ3) is 3.87. The molecule has 2 atom stereocenters. The average Bonchev–Trinajstić information content (AvgIpc) is 3.07. The number of rotatable bonds is 6. The highest BCUT2D eigenvalue weighted by Gasteiger charge is 2.26. The van der Waals surface area contributed by atoms with Crippen molar-refractivity contribution in [3.63, 3.8) is 0 Å². The van der Waals surface area contributed by atoms with Gasteiger partial charge in [-0.25, -0.2) is 0 Å². The highest BCUT2D eigenvalue weighted by molar-refractivity contribution is 7.10. The minimum absolute atomic E-state index is 0.112. The predicted octanol–water partition coefficient (Wildman–Crippen LogP) is 4.32. The highest BCUT2D eigenvalue weighted by Crippen LogP contribution is 2.32. The number of hydrogen-bond donors (Lipinski definition) is 1. The maximum atomic E-state index is 12.6. The van der Waals surface area contributed by atoms with E-state index >= 15 is 0 Å². The molecular formula is C20H26N2OS. The first-order chi connectivity index (χ1) is 11.7. The fraction of sp³-hybridized carbons (Fsp3) is 0.450. The minimum Gasteiger partial charge on any atom is -0.348 e. The van der Waals surface area contributed by atoms with E-state index in [2.05, 4.69) is 47.6 Å². The Balaban J connectivity index is 1.62. The van der Waals surface area contributed by atoms with Gasteiger partial charge in [-0.3, -0.25) is 9.69 Å². The molecule has 4 heteroatoms. The minimum atomic E-state index is 0.112. The van der Waals surface area contributed by atoms with Gasteiger partial charge in [0.05, 0.1) is 12.6 Å². The van der Waals surface area contributed by atoms with E-state index in [-0.39, 0.29) is 11.9 Å². The lowest BCUT2D eigenvalue weighted by Crippen LogP contribution is -2.42. The zero-order chi connectivity index (χ0) is 16.9. The van der Waals surface area contributed by atoms with Crippen LogP contribution in [0.5, 0.6) is 0 Å². The second-order valence-corrected chi connectivity index (χ2v) is 7.52. The van der Waals surface area contributed by atoms with Crippen LogP contribution < -0.4 is 5.32 Å². The molecule has 1 aliphatic rings. The Morgan fingerprint density at radius 2 is 2.12 bits per heavy atom. The van der Waals surface area contributed by atoms with E-state index in [1.165, 1.54) is 16.0 Å². The van der Waals surface area contributed by atoms with Crippen molar-refractivity contribution in [1.29, 1.82) is 0 Å². The van der Waals surface area contributed by atoms with Crippen molar-refractivity contribution in [2.24, 2.45) is 0 Å². The fourth-order valence-corrected chi connectivity index (χ4v) is 4.46. The van der Waals surface area contributed by atoms with Crippen molar-refractivity contribution < 1.29 is 4.79 Å². The smallest absolute Gasteiger partial charge is 0.234 e. The van der Waals surface area contributed by atoms with Crippen molar-refractivity contribution in [3.8, 4) is 0 Å². The van der Waals surface area contributed by atoms with Crippen LogP contribution in [0, 0.1) is 0 Å². The van der Waals surface area contributed by atoms with Gasteiger partial charge >= 0.3 is 0 Å². The van der Waals surface area contributed by atoms with Gasteiger partial charge in [-0.2, -0.15) is 0 Å². The SMILES string of the molecule is CCC[C@@H](NC(=O)CN1CCc2sccc2[C@H]1C)c1ccccc1. The largest absolute Gasteiger partial charge is 0.348 e. The van der Waals surface area contributed by atoms with Crippen molar-refractivity contribution in [3.05, 3.63) is 57.8 Å². The van der Waals surface area contributed by atoms with Crippen LogP contribution in [-0.4, -0.2) is 23.9 Å². The summed E-state index contributed by atoms with van der Waals surface area (Å²) in [5.74, 6) is 0.128. The molecule has 24 heavy (non-hydrogen) atoms. The van der Waals surface area contributed by atoms with Crippen LogP contribution in [0.15, 0.2) is 41.8 Å². The monoisotopic (exact) mass is 342 g/mol. The molecule has 1 aliphatic heterocycles. The van der Waals surface area contributed by atoms with Crippen LogP contribution in [0.25, 0.3) is 0 Å². The summed E-state index contributed by atoms with van der Waals surface area (Å²) in [7, 11) is 0. The second-order valence-electron chi connectivity index (χ2n) is 6.52. The normalized spacial score (nSPS) is 18.8. The molecule has 0 unspecified atom stereocenters. The lowest BCUT2D eigenvalue weighted by atomic mass is 10.0. The van der Waals surface area contributed by atoms with Gasteiger partial charge in [0, 0.05) is 17.5 Å². The molecule has 0 saturated heterocycles. The summed E-state index contributed by atoms with van der Waals surface area (Å²) >= 11 is 1.84. The van der Waals surface area contributed by atoms with Gasteiger partial charge in [-0.1, -0.05) is 43.7 Å². The van der Waals surface area contributed by atoms with E-state index in [1.807, 2.05) is 29.5 Å². The number of nitrogens with zero attached hydrogens (tertiary/aromatic N) is 1. The summed E-state index contributed by atoms with van der Waals surface area (Å²) in [5.41, 5.74) is 2.59. The maximum Gasteiger partial charge on any atom is 0.234 e. The third-order valence-corrected chi connectivity index (χ3v) is 5.86. The van der Waals surface area contributed by atoms with Gasteiger partial charge in [-0.05, 0) is 42.3 Å². The zero-order valence-electron chi connectivity index (χ0n) is 14.5. The summed E-state index contributed by atoms with van der Waals surface area (Å²) in [4.78, 5) is 16.4. The van der Waals surface area contributed by atoms with Gasteiger partial charge in [0.15, 0.2) is 0 Å². The topological polar surface area (TPSA) is 32.3 Å². The van der Waals surface area contributed by atoms with Crippen LogP contribution in [0.4, 0.5) is 0 Å². The van der Waals surface area contributed by atoms with E-state index in [1.54, 1.807) is 0 Å². The van der Waals surface area contributed by atoms with E-state index in [0.29, 0.717) is 12.6 Å². The Labute approximate surface area is 148 Å². The first-order valence-corrected chi connectivity index (χ1v) is 9.71. The molecule has 1 aromatic carbocycles. The van der Waals surface area contributed by atoms with E-state index < -0.39 is 0 Å².